The van der Waals surface area contributed by atoms with Crippen LogP contribution in [-0.2, 0) is 16.1 Å². The van der Waals surface area contributed by atoms with Crippen LogP contribution in [0.25, 0.3) is 22.6 Å². The number of rotatable bonds is 3. The Morgan fingerprint density at radius 3 is 2.71 bits per heavy atom. The number of aromatic nitrogens is 5. The van der Waals surface area contributed by atoms with Crippen molar-refractivity contribution in [3.8, 4) is 11.5 Å². The van der Waals surface area contributed by atoms with Gasteiger partial charge in [0, 0.05) is 31.0 Å². The normalized spacial score (nSPS) is 14.1. The van der Waals surface area contributed by atoms with E-state index in [0.717, 1.165) is 6.20 Å². The quantitative estimate of drug-likeness (QED) is 0.500. The Bertz CT molecular complexity index is 1470. The monoisotopic (exact) mass is 463 g/mol. The van der Waals surface area contributed by atoms with Gasteiger partial charge in [0.25, 0.3) is 0 Å². The molecule has 0 fully saturated rings. The SMILES string of the molecule is Cc1c2nc(-c3nn(Cc4ccccc4F)c4ncc(F)cc34)nc1N(C)C(=O)CCC(=O)N2. The van der Waals surface area contributed by atoms with Gasteiger partial charge in [-0.1, -0.05) is 18.2 Å². The van der Waals surface area contributed by atoms with E-state index in [0.29, 0.717) is 28.0 Å². The number of nitrogens with zero attached hydrogens (tertiary/aromatic N) is 6. The van der Waals surface area contributed by atoms with Crippen LogP contribution in [0, 0.1) is 18.6 Å². The summed E-state index contributed by atoms with van der Waals surface area (Å²) in [7, 11) is 1.57. The molecular formula is C23H19F2N7O2. The molecule has 5 rings (SSSR count). The molecule has 0 aliphatic carbocycles. The van der Waals surface area contributed by atoms with Crippen molar-refractivity contribution in [2.45, 2.75) is 26.3 Å². The minimum Gasteiger partial charge on any atom is -0.310 e. The van der Waals surface area contributed by atoms with Gasteiger partial charge in [-0.15, -0.1) is 0 Å². The molecule has 1 aliphatic heterocycles. The van der Waals surface area contributed by atoms with E-state index in [4.69, 9.17) is 0 Å². The van der Waals surface area contributed by atoms with Crippen LogP contribution in [0.1, 0.15) is 24.0 Å². The predicted octanol–water partition coefficient (Wildman–Crippen LogP) is 3.22. The molecule has 172 valence electrons. The number of carbonyl (C=O) groups excluding carboxylic acids is 2. The minimum atomic E-state index is -0.592. The number of pyridine rings is 1. The fraction of sp³-hybridized carbons (Fsp3) is 0.217. The molecule has 0 radical (unpaired) electrons. The van der Waals surface area contributed by atoms with E-state index in [1.807, 2.05) is 0 Å². The number of hydrogen-bond acceptors (Lipinski definition) is 6. The molecule has 2 amide bonds. The average molecular weight is 463 g/mol. The van der Waals surface area contributed by atoms with Crippen molar-refractivity contribution in [3.05, 3.63) is 59.3 Å². The summed E-state index contributed by atoms with van der Waals surface area (Å²) in [6.07, 6.45) is 1.08. The molecule has 0 spiro atoms. The van der Waals surface area contributed by atoms with Gasteiger partial charge in [0.05, 0.1) is 18.1 Å². The second-order valence-corrected chi connectivity index (χ2v) is 7.97. The van der Waals surface area contributed by atoms with Crippen molar-refractivity contribution in [2.24, 2.45) is 0 Å². The summed E-state index contributed by atoms with van der Waals surface area (Å²) < 4.78 is 29.9. The summed E-state index contributed by atoms with van der Waals surface area (Å²) >= 11 is 0. The van der Waals surface area contributed by atoms with Crippen LogP contribution in [0.3, 0.4) is 0 Å². The van der Waals surface area contributed by atoms with E-state index >= 15 is 0 Å². The van der Waals surface area contributed by atoms with Crippen LogP contribution in [0.5, 0.6) is 0 Å². The lowest BCUT2D eigenvalue weighted by Crippen LogP contribution is -2.27. The van der Waals surface area contributed by atoms with E-state index in [-0.39, 0.29) is 48.5 Å². The molecule has 0 unspecified atom stereocenters. The van der Waals surface area contributed by atoms with Crippen molar-refractivity contribution in [3.63, 3.8) is 0 Å². The molecule has 1 N–H and O–H groups in total. The number of nitrogens with one attached hydrogen (secondary N) is 1. The topological polar surface area (TPSA) is 106 Å². The Morgan fingerprint density at radius 2 is 1.91 bits per heavy atom. The maximum atomic E-state index is 14.3. The molecule has 9 nitrogen and oxygen atoms in total. The van der Waals surface area contributed by atoms with Crippen LogP contribution in [0.2, 0.25) is 0 Å². The maximum absolute atomic E-state index is 14.3. The van der Waals surface area contributed by atoms with Crippen LogP contribution < -0.4 is 10.2 Å². The summed E-state index contributed by atoms with van der Waals surface area (Å²) in [6, 6.07) is 7.50. The third kappa shape index (κ3) is 3.74. The molecule has 4 heterocycles. The highest BCUT2D eigenvalue weighted by molar-refractivity contribution is 6.01. The first-order valence-corrected chi connectivity index (χ1v) is 10.5. The van der Waals surface area contributed by atoms with Gasteiger partial charge in [-0.3, -0.25) is 14.5 Å². The standard InChI is InChI=1S/C23H19F2N7O2/c1-12-20-27-17(33)7-8-18(34)31(2)22(12)29-21(28-20)19-15-9-14(24)10-26-23(15)32(30-19)11-13-5-3-4-6-16(13)25/h3-6,9-10H,7-8,11H2,1-2H3,(H,27,28,29,33). The molecule has 4 aromatic rings. The highest BCUT2D eigenvalue weighted by atomic mass is 19.1. The maximum Gasteiger partial charge on any atom is 0.228 e. The summed E-state index contributed by atoms with van der Waals surface area (Å²) in [5.74, 6) is -1.04. The summed E-state index contributed by atoms with van der Waals surface area (Å²) in [5, 5.41) is 7.55. The Morgan fingerprint density at radius 1 is 1.12 bits per heavy atom. The van der Waals surface area contributed by atoms with Crippen LogP contribution in [0.4, 0.5) is 20.4 Å². The zero-order valence-corrected chi connectivity index (χ0v) is 18.3. The molecule has 3 aromatic heterocycles. The summed E-state index contributed by atoms with van der Waals surface area (Å²) in [4.78, 5) is 39.3. The Balaban J connectivity index is 1.71. The molecular weight excluding hydrogens is 444 g/mol. The van der Waals surface area contributed by atoms with Gasteiger partial charge in [0.2, 0.25) is 11.8 Å². The van der Waals surface area contributed by atoms with Gasteiger partial charge in [0.1, 0.15) is 29.0 Å². The summed E-state index contributed by atoms with van der Waals surface area (Å²) in [6.45, 7) is 1.74. The Hall–Kier alpha value is -4.28. The van der Waals surface area contributed by atoms with Crippen LogP contribution in [-0.4, -0.2) is 43.6 Å². The highest BCUT2D eigenvalue weighted by Gasteiger charge is 2.26. The first-order chi connectivity index (χ1) is 16.3. The number of hydrogen-bond donors (Lipinski definition) is 1. The minimum absolute atomic E-state index is 0.00736. The van der Waals surface area contributed by atoms with E-state index in [1.54, 1.807) is 32.2 Å². The molecule has 2 bridgehead atoms. The van der Waals surface area contributed by atoms with Crippen molar-refractivity contribution in [1.29, 1.82) is 0 Å². The van der Waals surface area contributed by atoms with Gasteiger partial charge in [-0.05, 0) is 19.1 Å². The first-order valence-electron chi connectivity index (χ1n) is 10.5. The molecule has 11 heteroatoms. The largest absolute Gasteiger partial charge is 0.310 e. The number of fused-ring (bicyclic) bond motifs is 3. The zero-order chi connectivity index (χ0) is 24.0. The van der Waals surface area contributed by atoms with E-state index in [2.05, 4.69) is 25.4 Å². The van der Waals surface area contributed by atoms with Crippen molar-refractivity contribution >= 4 is 34.5 Å². The third-order valence-corrected chi connectivity index (χ3v) is 5.68. The van der Waals surface area contributed by atoms with Crippen molar-refractivity contribution in [1.82, 2.24) is 24.7 Å². The number of benzene rings is 1. The van der Waals surface area contributed by atoms with Crippen molar-refractivity contribution in [2.75, 3.05) is 17.3 Å². The van der Waals surface area contributed by atoms with Gasteiger partial charge >= 0.3 is 0 Å². The van der Waals surface area contributed by atoms with Gasteiger partial charge in [-0.2, -0.15) is 5.10 Å². The fourth-order valence-corrected chi connectivity index (χ4v) is 3.86. The van der Waals surface area contributed by atoms with E-state index < -0.39 is 11.6 Å². The summed E-state index contributed by atoms with van der Waals surface area (Å²) in [5.41, 5.74) is 1.38. The molecule has 0 atom stereocenters. The zero-order valence-electron chi connectivity index (χ0n) is 18.3. The molecule has 0 saturated carbocycles. The van der Waals surface area contributed by atoms with E-state index in [1.165, 1.54) is 21.7 Å². The van der Waals surface area contributed by atoms with Crippen LogP contribution in [0.15, 0.2) is 36.5 Å². The molecule has 34 heavy (non-hydrogen) atoms. The highest BCUT2D eigenvalue weighted by Crippen LogP contribution is 2.32. The number of carbonyl (C=O) groups is 2. The third-order valence-electron chi connectivity index (χ3n) is 5.68. The average Bonchev–Trinajstić information content (AvgIpc) is 3.17. The van der Waals surface area contributed by atoms with Gasteiger partial charge < -0.3 is 5.32 Å². The number of anilines is 2. The smallest absolute Gasteiger partial charge is 0.228 e. The predicted molar refractivity (Wildman–Crippen MR) is 120 cm³/mol. The Labute approximate surface area is 192 Å². The fourth-order valence-electron chi connectivity index (χ4n) is 3.86. The molecule has 1 aromatic carbocycles. The second-order valence-electron chi connectivity index (χ2n) is 7.97. The van der Waals surface area contributed by atoms with Gasteiger partial charge in [0.15, 0.2) is 11.5 Å². The Kier molecular flexibility index (Phi) is 5.23. The lowest BCUT2D eigenvalue weighted by Gasteiger charge is -2.18. The van der Waals surface area contributed by atoms with Gasteiger partial charge in [-0.25, -0.2) is 28.4 Å². The first kappa shape index (κ1) is 21.6. The van der Waals surface area contributed by atoms with E-state index in [9.17, 15) is 18.4 Å². The van der Waals surface area contributed by atoms with Crippen molar-refractivity contribution < 1.29 is 18.4 Å². The second kappa shape index (κ2) is 8.25. The van der Waals surface area contributed by atoms with Crippen LogP contribution >= 0.6 is 0 Å². The lowest BCUT2D eigenvalue weighted by molar-refractivity contribution is -0.122. The lowest BCUT2D eigenvalue weighted by atomic mass is 10.2. The number of halogens is 2. The molecule has 0 saturated heterocycles. The molecule has 1 aliphatic rings. The number of amides is 2.